The van der Waals surface area contributed by atoms with Gasteiger partial charge in [-0.2, -0.15) is 5.10 Å². The number of aryl methyl sites for hydroxylation is 2. The van der Waals surface area contributed by atoms with Gasteiger partial charge in [0.25, 0.3) is 0 Å². The minimum atomic E-state index is -0.0672. The van der Waals surface area contributed by atoms with Gasteiger partial charge in [0, 0.05) is 12.5 Å². The zero-order valence-corrected chi connectivity index (χ0v) is 12.4. The maximum Gasteiger partial charge on any atom is 0.323 e. The number of cyclic esters (lactones) is 1. The first-order valence-corrected chi connectivity index (χ1v) is 7.39. The number of hydrogen-bond acceptors (Lipinski definition) is 5. The van der Waals surface area contributed by atoms with Crippen LogP contribution in [-0.4, -0.2) is 50.4 Å². The second kappa shape index (κ2) is 5.16. The molecular formula is C14H22N4O2. The van der Waals surface area contributed by atoms with Crippen LogP contribution in [-0.2, 0) is 16.1 Å². The minimum absolute atomic E-state index is 0.0455. The van der Waals surface area contributed by atoms with E-state index in [1.165, 1.54) is 0 Å². The van der Waals surface area contributed by atoms with Gasteiger partial charge in [0.1, 0.15) is 23.8 Å². The van der Waals surface area contributed by atoms with E-state index in [2.05, 4.69) is 15.0 Å². The highest BCUT2D eigenvalue weighted by Crippen LogP contribution is 2.28. The van der Waals surface area contributed by atoms with Crippen molar-refractivity contribution in [2.45, 2.75) is 64.8 Å². The molecule has 2 aliphatic heterocycles. The molecule has 3 rings (SSSR count). The van der Waals surface area contributed by atoms with Crippen molar-refractivity contribution in [1.82, 2.24) is 19.7 Å². The van der Waals surface area contributed by atoms with E-state index in [0.29, 0.717) is 6.04 Å². The van der Waals surface area contributed by atoms with Crippen molar-refractivity contribution in [2.24, 2.45) is 0 Å². The van der Waals surface area contributed by atoms with Crippen LogP contribution in [0, 0.1) is 13.8 Å². The van der Waals surface area contributed by atoms with Crippen LogP contribution in [0.3, 0.4) is 0 Å². The Morgan fingerprint density at radius 1 is 1.40 bits per heavy atom. The van der Waals surface area contributed by atoms with Gasteiger partial charge in [-0.05, 0) is 40.2 Å². The molecule has 0 amide bonds. The first-order valence-electron chi connectivity index (χ1n) is 7.39. The molecule has 6 nitrogen and oxygen atoms in total. The van der Waals surface area contributed by atoms with Gasteiger partial charge in [0.05, 0.1) is 6.54 Å². The molecule has 2 aliphatic rings. The maximum atomic E-state index is 11.9. The molecule has 2 fully saturated rings. The van der Waals surface area contributed by atoms with E-state index in [1.807, 2.05) is 25.5 Å². The number of esters is 1. The summed E-state index contributed by atoms with van der Waals surface area (Å²) in [5.41, 5.74) is 0. The van der Waals surface area contributed by atoms with Crippen LogP contribution in [0.1, 0.15) is 37.8 Å². The molecule has 3 atom stereocenters. The van der Waals surface area contributed by atoms with Crippen molar-refractivity contribution in [2.75, 3.05) is 6.54 Å². The first-order chi connectivity index (χ1) is 9.54. The molecular weight excluding hydrogens is 256 g/mol. The Morgan fingerprint density at radius 2 is 2.20 bits per heavy atom. The van der Waals surface area contributed by atoms with Gasteiger partial charge in [-0.3, -0.25) is 9.69 Å². The summed E-state index contributed by atoms with van der Waals surface area (Å²) in [6, 6.07) is 0.292. The van der Waals surface area contributed by atoms with Crippen LogP contribution < -0.4 is 0 Å². The standard InChI is InChI=1S/C14H22N4O2/c1-9-7-13(14(19)20-9)17-6-4-5-12(17)8-18-11(3)15-10(2)16-18/h9,12-13H,4-8H2,1-3H3/t9-,12-,13-/m0/s1. The molecule has 6 heteroatoms. The Morgan fingerprint density at radius 3 is 2.80 bits per heavy atom. The van der Waals surface area contributed by atoms with E-state index in [4.69, 9.17) is 4.74 Å². The van der Waals surface area contributed by atoms with Crippen LogP contribution in [0.5, 0.6) is 0 Å². The van der Waals surface area contributed by atoms with Crippen molar-refractivity contribution in [3.05, 3.63) is 11.6 Å². The fraction of sp³-hybridized carbons (Fsp3) is 0.786. The average molecular weight is 278 g/mol. The highest BCUT2D eigenvalue weighted by atomic mass is 16.6. The van der Waals surface area contributed by atoms with Crippen LogP contribution in [0.15, 0.2) is 0 Å². The Balaban J connectivity index is 1.73. The van der Waals surface area contributed by atoms with Gasteiger partial charge in [0.2, 0.25) is 0 Å². The highest BCUT2D eigenvalue weighted by Gasteiger charge is 2.41. The van der Waals surface area contributed by atoms with Gasteiger partial charge < -0.3 is 4.74 Å². The predicted molar refractivity (Wildman–Crippen MR) is 73.2 cm³/mol. The zero-order chi connectivity index (χ0) is 14.3. The molecule has 110 valence electrons. The number of likely N-dealkylation sites (tertiary alicyclic amines) is 1. The summed E-state index contributed by atoms with van der Waals surface area (Å²) < 4.78 is 7.26. The summed E-state index contributed by atoms with van der Waals surface area (Å²) in [5, 5.41) is 4.43. The number of rotatable bonds is 3. The lowest BCUT2D eigenvalue weighted by molar-refractivity contribution is -0.145. The Kier molecular flexibility index (Phi) is 3.50. The SMILES string of the molecule is Cc1nc(C)n(C[C@@H]2CCCN2[C@H]2C[C@H](C)OC2=O)n1. The molecule has 3 heterocycles. The highest BCUT2D eigenvalue weighted by molar-refractivity contribution is 5.78. The second-order valence-electron chi connectivity index (χ2n) is 5.92. The van der Waals surface area contributed by atoms with E-state index >= 15 is 0 Å². The number of nitrogens with zero attached hydrogens (tertiary/aromatic N) is 4. The summed E-state index contributed by atoms with van der Waals surface area (Å²) in [5.74, 6) is 1.69. The van der Waals surface area contributed by atoms with Crippen LogP contribution >= 0.6 is 0 Å². The fourth-order valence-electron chi connectivity index (χ4n) is 3.40. The molecule has 0 spiro atoms. The third-order valence-electron chi connectivity index (χ3n) is 4.31. The Bertz CT molecular complexity index is 513. The van der Waals surface area contributed by atoms with Crippen molar-refractivity contribution < 1.29 is 9.53 Å². The predicted octanol–water partition coefficient (Wildman–Crippen LogP) is 1.06. The van der Waals surface area contributed by atoms with Crippen molar-refractivity contribution in [3.63, 3.8) is 0 Å². The molecule has 0 saturated carbocycles. The van der Waals surface area contributed by atoms with Crippen molar-refractivity contribution in [1.29, 1.82) is 0 Å². The van der Waals surface area contributed by atoms with E-state index in [9.17, 15) is 4.79 Å². The number of carbonyl (C=O) groups excluding carboxylic acids is 1. The Hall–Kier alpha value is -1.43. The lowest BCUT2D eigenvalue weighted by Gasteiger charge is -2.28. The first kappa shape index (κ1) is 13.5. The monoisotopic (exact) mass is 278 g/mol. The molecule has 0 unspecified atom stereocenters. The topological polar surface area (TPSA) is 60.2 Å². The van der Waals surface area contributed by atoms with E-state index in [-0.39, 0.29) is 18.1 Å². The number of ether oxygens (including phenoxy) is 1. The van der Waals surface area contributed by atoms with E-state index < -0.39 is 0 Å². The quantitative estimate of drug-likeness (QED) is 0.774. The molecule has 2 saturated heterocycles. The molecule has 1 aromatic heterocycles. The third kappa shape index (κ3) is 2.44. The van der Waals surface area contributed by atoms with E-state index in [0.717, 1.165) is 44.0 Å². The van der Waals surface area contributed by atoms with Crippen LogP contribution in [0.25, 0.3) is 0 Å². The zero-order valence-electron chi connectivity index (χ0n) is 12.4. The van der Waals surface area contributed by atoms with Gasteiger partial charge >= 0.3 is 5.97 Å². The number of carbonyl (C=O) groups is 1. The second-order valence-corrected chi connectivity index (χ2v) is 5.92. The van der Waals surface area contributed by atoms with Gasteiger partial charge in [0.15, 0.2) is 0 Å². The fourth-order valence-corrected chi connectivity index (χ4v) is 3.40. The maximum absolute atomic E-state index is 11.9. The molecule has 0 aliphatic carbocycles. The van der Waals surface area contributed by atoms with Gasteiger partial charge in [-0.15, -0.1) is 0 Å². The largest absolute Gasteiger partial charge is 0.461 e. The van der Waals surface area contributed by atoms with Gasteiger partial charge in [-0.25, -0.2) is 9.67 Å². The summed E-state index contributed by atoms with van der Waals surface area (Å²) in [6.07, 6.45) is 3.10. The van der Waals surface area contributed by atoms with Crippen molar-refractivity contribution >= 4 is 5.97 Å². The molecule has 0 N–H and O–H groups in total. The summed E-state index contributed by atoms with van der Waals surface area (Å²) in [6.45, 7) is 7.64. The lowest BCUT2D eigenvalue weighted by Crippen LogP contribution is -2.43. The van der Waals surface area contributed by atoms with Crippen LogP contribution in [0.2, 0.25) is 0 Å². The number of hydrogen-bond donors (Lipinski definition) is 0. The van der Waals surface area contributed by atoms with Gasteiger partial charge in [-0.1, -0.05) is 0 Å². The minimum Gasteiger partial charge on any atom is -0.461 e. The van der Waals surface area contributed by atoms with Crippen molar-refractivity contribution in [3.8, 4) is 0 Å². The third-order valence-corrected chi connectivity index (χ3v) is 4.31. The normalized spacial score (nSPS) is 30.9. The molecule has 1 aromatic rings. The summed E-state index contributed by atoms with van der Waals surface area (Å²) in [4.78, 5) is 18.6. The molecule has 0 bridgehead atoms. The summed E-state index contributed by atoms with van der Waals surface area (Å²) in [7, 11) is 0. The Labute approximate surface area is 119 Å². The molecule has 20 heavy (non-hydrogen) atoms. The molecule has 0 radical (unpaired) electrons. The molecule has 0 aromatic carbocycles. The van der Waals surface area contributed by atoms with E-state index in [1.54, 1.807) is 0 Å². The summed E-state index contributed by atoms with van der Waals surface area (Å²) >= 11 is 0. The van der Waals surface area contributed by atoms with Crippen LogP contribution in [0.4, 0.5) is 0 Å². The average Bonchev–Trinajstić information content (AvgIpc) is 3.02. The smallest absolute Gasteiger partial charge is 0.323 e. The lowest BCUT2D eigenvalue weighted by atomic mass is 10.1. The number of aromatic nitrogens is 3.